The lowest BCUT2D eigenvalue weighted by molar-refractivity contribution is -0.152. The van der Waals surface area contributed by atoms with Crippen LogP contribution in [0.25, 0.3) is 0 Å². The van der Waals surface area contributed by atoms with Gasteiger partial charge in [-0.3, -0.25) is 9.59 Å². The predicted molar refractivity (Wildman–Crippen MR) is 83.2 cm³/mol. The SMILES string of the molecule is O=C(O)[C@@H]1CCC(=O)N(CC2CCCC2)[C@H]1c1ccccc1. The molecule has 1 N–H and O–H groups in total. The summed E-state index contributed by atoms with van der Waals surface area (Å²) in [5, 5.41) is 9.60. The minimum atomic E-state index is -0.794. The normalized spacial score (nSPS) is 26.4. The van der Waals surface area contributed by atoms with E-state index in [9.17, 15) is 14.7 Å². The first-order valence-corrected chi connectivity index (χ1v) is 8.24. The number of hydrogen-bond donors (Lipinski definition) is 1. The Morgan fingerprint density at radius 3 is 2.45 bits per heavy atom. The van der Waals surface area contributed by atoms with Crippen LogP contribution in [0.4, 0.5) is 0 Å². The number of aliphatic carboxylic acids is 1. The summed E-state index contributed by atoms with van der Waals surface area (Å²) in [4.78, 5) is 26.0. The van der Waals surface area contributed by atoms with Crippen molar-refractivity contribution in [3.05, 3.63) is 35.9 Å². The number of nitrogens with zero attached hydrogens (tertiary/aromatic N) is 1. The van der Waals surface area contributed by atoms with Crippen molar-refractivity contribution in [1.82, 2.24) is 4.90 Å². The Labute approximate surface area is 131 Å². The Hall–Kier alpha value is -1.84. The molecule has 2 atom stereocenters. The van der Waals surface area contributed by atoms with Crippen molar-refractivity contribution in [2.45, 2.75) is 44.6 Å². The van der Waals surface area contributed by atoms with Crippen LogP contribution in [-0.2, 0) is 9.59 Å². The molecule has 1 saturated carbocycles. The van der Waals surface area contributed by atoms with Gasteiger partial charge >= 0.3 is 5.97 Å². The summed E-state index contributed by atoms with van der Waals surface area (Å²) in [6.45, 7) is 0.710. The number of piperidine rings is 1. The number of carboxylic acid groups (broad SMARTS) is 1. The average Bonchev–Trinajstić information content (AvgIpc) is 3.03. The number of amides is 1. The van der Waals surface area contributed by atoms with Crippen LogP contribution in [0.15, 0.2) is 30.3 Å². The van der Waals surface area contributed by atoms with Crippen molar-refractivity contribution in [3.63, 3.8) is 0 Å². The number of rotatable bonds is 4. The van der Waals surface area contributed by atoms with E-state index >= 15 is 0 Å². The second-order valence-corrected chi connectivity index (χ2v) is 6.54. The maximum Gasteiger partial charge on any atom is 0.308 e. The summed E-state index contributed by atoms with van der Waals surface area (Å²) in [5.41, 5.74) is 0.945. The van der Waals surface area contributed by atoms with Crippen LogP contribution < -0.4 is 0 Å². The Balaban J connectivity index is 1.90. The van der Waals surface area contributed by atoms with Crippen LogP contribution in [0.1, 0.15) is 50.1 Å². The highest BCUT2D eigenvalue weighted by Crippen LogP contribution is 2.39. The van der Waals surface area contributed by atoms with E-state index < -0.39 is 11.9 Å². The van der Waals surface area contributed by atoms with Gasteiger partial charge in [-0.05, 0) is 30.7 Å². The fourth-order valence-electron chi connectivity index (χ4n) is 3.96. The third kappa shape index (κ3) is 3.01. The minimum absolute atomic E-state index is 0.109. The zero-order valence-corrected chi connectivity index (χ0v) is 12.8. The summed E-state index contributed by atoms with van der Waals surface area (Å²) >= 11 is 0. The number of likely N-dealkylation sites (tertiary alicyclic amines) is 1. The fraction of sp³-hybridized carbons (Fsp3) is 0.556. The summed E-state index contributed by atoms with van der Waals surface area (Å²) in [6, 6.07) is 9.33. The molecule has 0 spiro atoms. The van der Waals surface area contributed by atoms with Crippen LogP contribution in [-0.4, -0.2) is 28.4 Å². The van der Waals surface area contributed by atoms with Crippen molar-refractivity contribution in [3.8, 4) is 0 Å². The van der Waals surface area contributed by atoms with Crippen molar-refractivity contribution >= 4 is 11.9 Å². The van der Waals surface area contributed by atoms with E-state index in [0.717, 1.165) is 18.4 Å². The smallest absolute Gasteiger partial charge is 0.308 e. The maximum absolute atomic E-state index is 12.5. The molecule has 2 fully saturated rings. The minimum Gasteiger partial charge on any atom is -0.481 e. The van der Waals surface area contributed by atoms with Crippen molar-refractivity contribution < 1.29 is 14.7 Å². The van der Waals surface area contributed by atoms with Gasteiger partial charge in [-0.25, -0.2) is 0 Å². The average molecular weight is 301 g/mol. The van der Waals surface area contributed by atoms with E-state index in [-0.39, 0.29) is 11.9 Å². The summed E-state index contributed by atoms with van der Waals surface area (Å²) in [7, 11) is 0. The largest absolute Gasteiger partial charge is 0.481 e. The van der Waals surface area contributed by atoms with Gasteiger partial charge in [0.2, 0.25) is 5.91 Å². The van der Waals surface area contributed by atoms with Gasteiger partial charge in [0, 0.05) is 13.0 Å². The Kier molecular flexibility index (Phi) is 4.46. The van der Waals surface area contributed by atoms with Crippen molar-refractivity contribution in [1.29, 1.82) is 0 Å². The highest BCUT2D eigenvalue weighted by atomic mass is 16.4. The van der Waals surface area contributed by atoms with Gasteiger partial charge in [0.1, 0.15) is 0 Å². The predicted octanol–water partition coefficient (Wildman–Crippen LogP) is 3.24. The first-order chi connectivity index (χ1) is 10.7. The quantitative estimate of drug-likeness (QED) is 0.928. The van der Waals surface area contributed by atoms with Gasteiger partial charge in [0.25, 0.3) is 0 Å². The molecule has 1 aromatic carbocycles. The maximum atomic E-state index is 12.5. The molecule has 1 aliphatic carbocycles. The number of carbonyl (C=O) groups excluding carboxylic acids is 1. The molecule has 2 aliphatic rings. The second-order valence-electron chi connectivity index (χ2n) is 6.54. The third-order valence-corrected chi connectivity index (χ3v) is 5.09. The van der Waals surface area contributed by atoms with Crippen molar-refractivity contribution in [2.24, 2.45) is 11.8 Å². The molecule has 118 valence electrons. The molecule has 4 nitrogen and oxygen atoms in total. The zero-order valence-electron chi connectivity index (χ0n) is 12.8. The number of carboxylic acids is 1. The monoisotopic (exact) mass is 301 g/mol. The molecule has 1 amide bonds. The number of carbonyl (C=O) groups is 2. The van der Waals surface area contributed by atoms with Gasteiger partial charge in [-0.1, -0.05) is 43.2 Å². The molecule has 0 aromatic heterocycles. The lowest BCUT2D eigenvalue weighted by Gasteiger charge is -2.41. The lowest BCUT2D eigenvalue weighted by atomic mass is 9.83. The molecule has 0 unspecified atom stereocenters. The Morgan fingerprint density at radius 1 is 1.14 bits per heavy atom. The van der Waals surface area contributed by atoms with E-state index in [0.29, 0.717) is 25.3 Å². The summed E-state index contributed by atoms with van der Waals surface area (Å²) in [5.74, 6) is -0.653. The molecule has 1 heterocycles. The van der Waals surface area contributed by atoms with E-state index in [1.165, 1.54) is 12.8 Å². The molecule has 4 heteroatoms. The molecule has 1 saturated heterocycles. The number of benzene rings is 1. The molecule has 3 rings (SSSR count). The highest BCUT2D eigenvalue weighted by Gasteiger charge is 2.41. The van der Waals surface area contributed by atoms with E-state index in [1.807, 2.05) is 35.2 Å². The van der Waals surface area contributed by atoms with E-state index in [1.54, 1.807) is 0 Å². The Bertz CT molecular complexity index is 537. The van der Waals surface area contributed by atoms with Gasteiger partial charge in [-0.2, -0.15) is 0 Å². The summed E-state index contributed by atoms with van der Waals surface area (Å²) in [6.07, 6.45) is 5.56. The molecule has 1 aliphatic heterocycles. The van der Waals surface area contributed by atoms with Crippen LogP contribution in [0, 0.1) is 11.8 Å². The molecule has 22 heavy (non-hydrogen) atoms. The molecule has 1 aromatic rings. The summed E-state index contributed by atoms with van der Waals surface area (Å²) < 4.78 is 0. The van der Waals surface area contributed by atoms with Crippen LogP contribution in [0.5, 0.6) is 0 Å². The molecular weight excluding hydrogens is 278 g/mol. The first-order valence-electron chi connectivity index (χ1n) is 8.24. The van der Waals surface area contributed by atoms with Gasteiger partial charge in [-0.15, -0.1) is 0 Å². The topological polar surface area (TPSA) is 57.6 Å². The van der Waals surface area contributed by atoms with Gasteiger partial charge in [0.05, 0.1) is 12.0 Å². The van der Waals surface area contributed by atoms with Crippen molar-refractivity contribution in [2.75, 3.05) is 6.54 Å². The molecule has 0 bridgehead atoms. The standard InChI is InChI=1S/C18H23NO3/c20-16-11-10-15(18(21)22)17(14-8-2-1-3-9-14)19(16)12-13-6-4-5-7-13/h1-3,8-9,13,15,17H,4-7,10-12H2,(H,21,22)/t15-,17+/m1/s1. The first kappa shape index (κ1) is 15.1. The zero-order chi connectivity index (χ0) is 15.5. The third-order valence-electron chi connectivity index (χ3n) is 5.09. The molecule has 0 radical (unpaired) electrons. The van der Waals surface area contributed by atoms with E-state index in [4.69, 9.17) is 0 Å². The van der Waals surface area contributed by atoms with Crippen LogP contribution in [0.3, 0.4) is 0 Å². The van der Waals surface area contributed by atoms with Gasteiger partial charge in [0.15, 0.2) is 0 Å². The van der Waals surface area contributed by atoms with E-state index in [2.05, 4.69) is 0 Å². The van der Waals surface area contributed by atoms with Gasteiger partial charge < -0.3 is 10.0 Å². The second kappa shape index (κ2) is 6.51. The Morgan fingerprint density at radius 2 is 1.82 bits per heavy atom. The molecular formula is C18H23NO3. The highest BCUT2D eigenvalue weighted by molar-refractivity contribution is 5.81. The fourth-order valence-corrected chi connectivity index (χ4v) is 3.96. The van der Waals surface area contributed by atoms with Crippen LogP contribution >= 0.6 is 0 Å². The number of hydrogen-bond acceptors (Lipinski definition) is 2. The lowest BCUT2D eigenvalue weighted by Crippen LogP contribution is -2.47. The van der Waals surface area contributed by atoms with Crippen LogP contribution in [0.2, 0.25) is 0 Å².